The zero-order valence-corrected chi connectivity index (χ0v) is 10.0. The third kappa shape index (κ3) is 4.29. The molecule has 90 valence electrons. The maximum absolute atomic E-state index is 11.8. The largest absolute Gasteiger partial charge is 0.445 e. The summed E-state index contributed by atoms with van der Waals surface area (Å²) in [6.07, 6.45) is -0.491. The third-order valence-corrected chi connectivity index (χ3v) is 2.17. The number of ether oxygens (including phenoxy) is 1. The van der Waals surface area contributed by atoms with Crippen LogP contribution in [0, 0.1) is 17.8 Å². The summed E-state index contributed by atoms with van der Waals surface area (Å²) in [7, 11) is 0. The Kier molecular flexibility index (Phi) is 5.25. The first kappa shape index (κ1) is 13.3. The van der Waals surface area contributed by atoms with Gasteiger partial charge in [0.05, 0.1) is 5.56 Å². The van der Waals surface area contributed by atoms with Crippen molar-refractivity contribution in [2.75, 3.05) is 6.61 Å². The lowest BCUT2D eigenvalue weighted by atomic mass is 10.1. The maximum atomic E-state index is 11.8. The van der Waals surface area contributed by atoms with Gasteiger partial charge < -0.3 is 9.84 Å². The fourth-order valence-electron chi connectivity index (χ4n) is 1.24. The van der Waals surface area contributed by atoms with E-state index in [1.807, 2.05) is 19.9 Å². The molecule has 0 radical (unpaired) electrons. The van der Waals surface area contributed by atoms with E-state index in [0.717, 1.165) is 0 Å². The highest BCUT2D eigenvalue weighted by Crippen LogP contribution is 2.09. The van der Waals surface area contributed by atoms with Gasteiger partial charge in [-0.3, -0.25) is 0 Å². The molecule has 0 unspecified atom stereocenters. The molecule has 0 aliphatic rings. The average molecular weight is 232 g/mol. The average Bonchev–Trinajstić information content (AvgIpc) is 2.35. The Morgan fingerprint density at radius 2 is 2.00 bits per heavy atom. The minimum atomic E-state index is -0.491. The molecule has 0 bridgehead atoms. The van der Waals surface area contributed by atoms with Crippen LogP contribution in [-0.2, 0) is 4.74 Å². The lowest BCUT2D eigenvalue weighted by Gasteiger charge is -2.15. The van der Waals surface area contributed by atoms with Gasteiger partial charge in [-0.25, -0.2) is 4.79 Å². The van der Waals surface area contributed by atoms with Crippen LogP contribution in [0.15, 0.2) is 30.3 Å². The van der Waals surface area contributed by atoms with Gasteiger partial charge in [-0.2, -0.15) is 0 Å². The van der Waals surface area contributed by atoms with Crippen molar-refractivity contribution in [1.82, 2.24) is 0 Å². The SMILES string of the molecule is CC(C)[C@@H](C#CCO)OC(=O)c1ccccc1. The molecule has 0 amide bonds. The van der Waals surface area contributed by atoms with E-state index >= 15 is 0 Å². The Balaban J connectivity index is 2.71. The van der Waals surface area contributed by atoms with Crippen molar-refractivity contribution in [3.05, 3.63) is 35.9 Å². The highest BCUT2D eigenvalue weighted by molar-refractivity contribution is 5.89. The summed E-state index contributed by atoms with van der Waals surface area (Å²) in [5.74, 6) is 4.93. The van der Waals surface area contributed by atoms with E-state index in [9.17, 15) is 4.79 Å². The quantitative estimate of drug-likeness (QED) is 0.639. The van der Waals surface area contributed by atoms with E-state index in [4.69, 9.17) is 9.84 Å². The van der Waals surface area contributed by atoms with E-state index in [1.165, 1.54) is 0 Å². The molecule has 1 rings (SSSR count). The van der Waals surface area contributed by atoms with Gasteiger partial charge in [0.2, 0.25) is 0 Å². The molecule has 3 heteroatoms. The molecule has 0 aromatic heterocycles. The summed E-state index contributed by atoms with van der Waals surface area (Å²) in [5, 5.41) is 8.63. The van der Waals surface area contributed by atoms with Crippen LogP contribution in [-0.4, -0.2) is 23.8 Å². The van der Waals surface area contributed by atoms with E-state index < -0.39 is 12.1 Å². The van der Waals surface area contributed by atoms with Crippen LogP contribution >= 0.6 is 0 Å². The Bertz CT molecular complexity index is 412. The molecular formula is C14H16O3. The van der Waals surface area contributed by atoms with Crippen molar-refractivity contribution in [2.45, 2.75) is 20.0 Å². The van der Waals surface area contributed by atoms with Crippen molar-refractivity contribution in [3.8, 4) is 11.8 Å². The molecule has 0 saturated heterocycles. The molecule has 1 aromatic carbocycles. The lowest BCUT2D eigenvalue weighted by Crippen LogP contribution is -2.22. The summed E-state index contributed by atoms with van der Waals surface area (Å²) in [5.41, 5.74) is 0.504. The van der Waals surface area contributed by atoms with Crippen LogP contribution in [0.5, 0.6) is 0 Å². The van der Waals surface area contributed by atoms with Crippen LogP contribution in [0.2, 0.25) is 0 Å². The first-order valence-electron chi connectivity index (χ1n) is 5.50. The molecule has 0 fully saturated rings. The number of benzene rings is 1. The maximum Gasteiger partial charge on any atom is 0.339 e. The van der Waals surface area contributed by atoms with Crippen molar-refractivity contribution < 1.29 is 14.6 Å². The van der Waals surface area contributed by atoms with Crippen molar-refractivity contribution >= 4 is 5.97 Å². The second-order valence-electron chi connectivity index (χ2n) is 3.92. The van der Waals surface area contributed by atoms with Gasteiger partial charge in [0.15, 0.2) is 6.10 Å². The lowest BCUT2D eigenvalue weighted by molar-refractivity contribution is 0.0329. The number of aliphatic hydroxyl groups is 1. The zero-order chi connectivity index (χ0) is 12.7. The predicted octanol–water partition coefficient (Wildman–Crippen LogP) is 1.86. The molecule has 0 heterocycles. The standard InChI is InChI=1S/C14H16O3/c1-11(2)13(9-6-10-15)17-14(16)12-7-4-3-5-8-12/h3-5,7-8,11,13,15H,10H2,1-2H3/t13-/m1/s1. The zero-order valence-electron chi connectivity index (χ0n) is 10.0. The Hall–Kier alpha value is -1.79. The van der Waals surface area contributed by atoms with Gasteiger partial charge in [0.25, 0.3) is 0 Å². The number of aliphatic hydroxyl groups excluding tert-OH is 1. The number of carbonyl (C=O) groups is 1. The van der Waals surface area contributed by atoms with Crippen molar-refractivity contribution in [1.29, 1.82) is 0 Å². The van der Waals surface area contributed by atoms with Gasteiger partial charge >= 0.3 is 5.97 Å². The van der Waals surface area contributed by atoms with Crippen LogP contribution in [0.25, 0.3) is 0 Å². The Morgan fingerprint density at radius 3 is 2.53 bits per heavy atom. The van der Waals surface area contributed by atoms with E-state index in [2.05, 4.69) is 11.8 Å². The van der Waals surface area contributed by atoms with Crippen LogP contribution in [0.4, 0.5) is 0 Å². The highest BCUT2D eigenvalue weighted by atomic mass is 16.5. The fourth-order valence-corrected chi connectivity index (χ4v) is 1.24. The summed E-state index contributed by atoms with van der Waals surface area (Å²) in [6.45, 7) is 3.59. The van der Waals surface area contributed by atoms with Crippen LogP contribution in [0.3, 0.4) is 0 Å². The number of carbonyl (C=O) groups excluding carboxylic acids is 1. The van der Waals surface area contributed by atoms with Gasteiger partial charge in [0, 0.05) is 5.92 Å². The third-order valence-electron chi connectivity index (χ3n) is 2.17. The second-order valence-corrected chi connectivity index (χ2v) is 3.92. The number of hydrogen-bond acceptors (Lipinski definition) is 3. The number of esters is 1. The molecule has 17 heavy (non-hydrogen) atoms. The molecule has 0 aliphatic carbocycles. The Labute approximate surface area is 101 Å². The first-order chi connectivity index (χ1) is 8.15. The second kappa shape index (κ2) is 6.72. The molecule has 3 nitrogen and oxygen atoms in total. The number of hydrogen-bond donors (Lipinski definition) is 1. The topological polar surface area (TPSA) is 46.5 Å². The molecule has 1 atom stereocenters. The minimum absolute atomic E-state index is 0.0849. The van der Waals surface area contributed by atoms with Gasteiger partial charge in [-0.15, -0.1) is 0 Å². The van der Waals surface area contributed by atoms with Crippen LogP contribution in [0.1, 0.15) is 24.2 Å². The monoisotopic (exact) mass is 232 g/mol. The summed E-state index contributed by atoms with van der Waals surface area (Å²) in [4.78, 5) is 11.8. The minimum Gasteiger partial charge on any atom is -0.445 e. The van der Waals surface area contributed by atoms with E-state index in [0.29, 0.717) is 5.56 Å². The first-order valence-corrected chi connectivity index (χ1v) is 5.50. The molecule has 0 aliphatic heterocycles. The van der Waals surface area contributed by atoms with Crippen LogP contribution < -0.4 is 0 Å². The number of rotatable bonds is 3. The van der Waals surface area contributed by atoms with E-state index in [-0.39, 0.29) is 12.5 Å². The molecule has 0 saturated carbocycles. The molecular weight excluding hydrogens is 216 g/mol. The molecule has 1 N–H and O–H groups in total. The summed E-state index contributed by atoms with van der Waals surface area (Å²) < 4.78 is 5.28. The Morgan fingerprint density at radius 1 is 1.35 bits per heavy atom. The fraction of sp³-hybridized carbons (Fsp3) is 0.357. The van der Waals surface area contributed by atoms with Gasteiger partial charge in [0.1, 0.15) is 6.61 Å². The molecule has 0 spiro atoms. The smallest absolute Gasteiger partial charge is 0.339 e. The summed E-state index contributed by atoms with van der Waals surface area (Å²) >= 11 is 0. The predicted molar refractivity (Wildman–Crippen MR) is 65.3 cm³/mol. The molecule has 1 aromatic rings. The summed E-state index contributed by atoms with van der Waals surface area (Å²) in [6, 6.07) is 8.78. The highest BCUT2D eigenvalue weighted by Gasteiger charge is 2.16. The van der Waals surface area contributed by atoms with Crippen molar-refractivity contribution in [2.24, 2.45) is 5.92 Å². The van der Waals surface area contributed by atoms with Gasteiger partial charge in [-0.1, -0.05) is 43.9 Å². The van der Waals surface area contributed by atoms with Gasteiger partial charge in [-0.05, 0) is 12.1 Å². The van der Waals surface area contributed by atoms with E-state index in [1.54, 1.807) is 24.3 Å². The normalized spacial score (nSPS) is 11.5. The van der Waals surface area contributed by atoms with Crippen molar-refractivity contribution in [3.63, 3.8) is 0 Å².